The van der Waals surface area contributed by atoms with Gasteiger partial charge in [-0.3, -0.25) is 0 Å². The molecule has 2 saturated heterocycles. The molecular formula is C16H19BrFN3. The van der Waals surface area contributed by atoms with Crippen molar-refractivity contribution in [2.75, 3.05) is 31.6 Å². The second-order valence-corrected chi connectivity index (χ2v) is 6.85. The third-order valence-electron chi connectivity index (χ3n) is 4.87. The third kappa shape index (κ3) is 2.67. The Morgan fingerprint density at radius 1 is 1.33 bits per heavy atom. The lowest BCUT2D eigenvalue weighted by molar-refractivity contribution is 0.102. The number of benzene rings is 1. The molecule has 0 amide bonds. The fourth-order valence-corrected chi connectivity index (χ4v) is 4.17. The molecule has 0 radical (unpaired) electrons. The van der Waals surface area contributed by atoms with Gasteiger partial charge in [-0.2, -0.15) is 5.26 Å². The van der Waals surface area contributed by atoms with Crippen LogP contribution in [0.5, 0.6) is 0 Å². The number of hydrogen-bond acceptors (Lipinski definition) is 3. The zero-order valence-electron chi connectivity index (χ0n) is 12.1. The molecule has 0 aliphatic carbocycles. The van der Waals surface area contributed by atoms with Crippen molar-refractivity contribution in [3.05, 3.63) is 28.0 Å². The van der Waals surface area contributed by atoms with Crippen molar-refractivity contribution in [1.82, 2.24) is 4.90 Å². The van der Waals surface area contributed by atoms with Crippen molar-refractivity contribution in [1.29, 1.82) is 5.26 Å². The van der Waals surface area contributed by atoms with Gasteiger partial charge in [0.1, 0.15) is 6.07 Å². The summed E-state index contributed by atoms with van der Waals surface area (Å²) in [4.78, 5) is 4.60. The van der Waals surface area contributed by atoms with Gasteiger partial charge in [0.15, 0.2) is 5.82 Å². The van der Waals surface area contributed by atoms with Crippen LogP contribution >= 0.6 is 15.9 Å². The first-order valence-corrected chi connectivity index (χ1v) is 8.24. The molecule has 2 unspecified atom stereocenters. The second-order valence-electron chi connectivity index (χ2n) is 6.06. The van der Waals surface area contributed by atoms with Crippen LogP contribution in [0.15, 0.2) is 16.6 Å². The van der Waals surface area contributed by atoms with Crippen LogP contribution in [-0.4, -0.2) is 37.6 Å². The molecule has 0 saturated carbocycles. The Balaban J connectivity index is 1.83. The molecule has 2 aliphatic heterocycles. The monoisotopic (exact) mass is 351 g/mol. The highest BCUT2D eigenvalue weighted by atomic mass is 79.9. The Morgan fingerprint density at radius 2 is 2.14 bits per heavy atom. The van der Waals surface area contributed by atoms with E-state index < -0.39 is 0 Å². The van der Waals surface area contributed by atoms with Crippen molar-refractivity contribution in [2.45, 2.75) is 25.3 Å². The number of nitriles is 1. The number of likely N-dealkylation sites (tertiary alicyclic amines) is 1. The topological polar surface area (TPSA) is 30.3 Å². The third-order valence-corrected chi connectivity index (χ3v) is 5.64. The number of anilines is 1. The fraction of sp³-hybridized carbons (Fsp3) is 0.562. The second kappa shape index (κ2) is 5.94. The van der Waals surface area contributed by atoms with Gasteiger partial charge in [-0.1, -0.05) is 0 Å². The lowest BCUT2D eigenvalue weighted by atomic mass is 9.84. The number of fused-ring (bicyclic) bond motifs is 1. The van der Waals surface area contributed by atoms with Crippen molar-refractivity contribution >= 4 is 21.6 Å². The van der Waals surface area contributed by atoms with Crippen LogP contribution in [0, 0.1) is 23.1 Å². The standard InChI is InChI=1S/C16H19BrFN3/c1-20-7-2-3-12-10-21(8-6-13(12)20)14-5-4-11(9-19)15(17)16(14)18/h4-5,12-13H,2-3,6-8,10H2,1H3. The van der Waals surface area contributed by atoms with E-state index in [2.05, 4.69) is 32.8 Å². The Morgan fingerprint density at radius 3 is 2.90 bits per heavy atom. The predicted molar refractivity (Wildman–Crippen MR) is 84.8 cm³/mol. The zero-order valence-corrected chi connectivity index (χ0v) is 13.7. The number of nitrogens with zero attached hydrogens (tertiary/aromatic N) is 3. The summed E-state index contributed by atoms with van der Waals surface area (Å²) in [5.41, 5.74) is 0.969. The largest absolute Gasteiger partial charge is 0.369 e. The van der Waals surface area contributed by atoms with E-state index in [1.807, 2.05) is 6.07 Å². The van der Waals surface area contributed by atoms with Crippen LogP contribution in [0.2, 0.25) is 0 Å². The highest BCUT2D eigenvalue weighted by Crippen LogP contribution is 2.35. The Kier molecular flexibility index (Phi) is 4.19. The predicted octanol–water partition coefficient (Wildman–Crippen LogP) is 3.38. The molecule has 2 aliphatic rings. The van der Waals surface area contributed by atoms with Gasteiger partial charge in [-0.15, -0.1) is 0 Å². The molecule has 21 heavy (non-hydrogen) atoms. The quantitative estimate of drug-likeness (QED) is 0.776. The Bertz CT molecular complexity index is 584. The molecule has 0 aromatic heterocycles. The lowest BCUT2D eigenvalue weighted by Crippen LogP contribution is -2.52. The highest BCUT2D eigenvalue weighted by molar-refractivity contribution is 9.10. The van der Waals surface area contributed by atoms with Crippen LogP contribution in [0.3, 0.4) is 0 Å². The molecule has 0 N–H and O–H groups in total. The maximum absolute atomic E-state index is 14.5. The molecule has 2 heterocycles. The summed E-state index contributed by atoms with van der Waals surface area (Å²) in [7, 11) is 2.20. The van der Waals surface area contributed by atoms with Crippen LogP contribution in [-0.2, 0) is 0 Å². The molecule has 1 aromatic carbocycles. The smallest absolute Gasteiger partial charge is 0.161 e. The van der Waals surface area contributed by atoms with Gasteiger partial charge in [0.2, 0.25) is 0 Å². The van der Waals surface area contributed by atoms with Crippen LogP contribution in [0.4, 0.5) is 10.1 Å². The first-order chi connectivity index (χ1) is 10.1. The number of hydrogen-bond donors (Lipinski definition) is 0. The normalized spacial score (nSPS) is 26.3. The SMILES string of the molecule is CN1CCCC2CN(c3ccc(C#N)c(Br)c3F)CCC21. The van der Waals surface area contributed by atoms with Gasteiger partial charge >= 0.3 is 0 Å². The van der Waals surface area contributed by atoms with E-state index in [-0.39, 0.29) is 10.3 Å². The average molecular weight is 352 g/mol. The van der Waals surface area contributed by atoms with Gasteiger partial charge < -0.3 is 9.80 Å². The molecule has 2 fully saturated rings. The Labute approximate surface area is 133 Å². The van der Waals surface area contributed by atoms with E-state index in [0.29, 0.717) is 23.2 Å². The summed E-state index contributed by atoms with van der Waals surface area (Å²) in [6.45, 7) is 2.96. The molecule has 0 spiro atoms. The maximum atomic E-state index is 14.5. The molecule has 3 nitrogen and oxygen atoms in total. The van der Waals surface area contributed by atoms with Gasteiger partial charge in [-0.25, -0.2) is 4.39 Å². The van der Waals surface area contributed by atoms with Crippen LogP contribution in [0.25, 0.3) is 0 Å². The van der Waals surface area contributed by atoms with E-state index in [4.69, 9.17) is 5.26 Å². The van der Waals surface area contributed by atoms with E-state index in [1.165, 1.54) is 19.4 Å². The summed E-state index contributed by atoms with van der Waals surface area (Å²) >= 11 is 3.20. The minimum atomic E-state index is -0.309. The van der Waals surface area contributed by atoms with E-state index in [0.717, 1.165) is 19.5 Å². The Hall–Kier alpha value is -1.12. The summed E-state index contributed by atoms with van der Waals surface area (Å²) in [5, 5.41) is 8.96. The van der Waals surface area contributed by atoms with Crippen molar-refractivity contribution in [2.24, 2.45) is 5.92 Å². The number of halogens is 2. The average Bonchev–Trinajstić information content (AvgIpc) is 2.50. The molecule has 112 valence electrons. The minimum absolute atomic E-state index is 0.283. The molecule has 2 atom stereocenters. The van der Waals surface area contributed by atoms with E-state index in [9.17, 15) is 4.39 Å². The first kappa shape index (κ1) is 14.8. The summed E-state index contributed by atoms with van der Waals surface area (Å²) in [5.74, 6) is 0.308. The van der Waals surface area contributed by atoms with Crippen LogP contribution < -0.4 is 4.90 Å². The van der Waals surface area contributed by atoms with Gasteiger partial charge in [0, 0.05) is 19.1 Å². The zero-order chi connectivity index (χ0) is 15.0. The maximum Gasteiger partial charge on any atom is 0.161 e. The summed E-state index contributed by atoms with van der Waals surface area (Å²) in [6.07, 6.45) is 3.54. The molecule has 5 heteroatoms. The fourth-order valence-electron chi connectivity index (χ4n) is 3.74. The molecule has 0 bridgehead atoms. The first-order valence-electron chi connectivity index (χ1n) is 7.45. The molecular weight excluding hydrogens is 333 g/mol. The number of rotatable bonds is 1. The summed E-state index contributed by atoms with van der Waals surface area (Å²) < 4.78 is 14.8. The van der Waals surface area contributed by atoms with Crippen molar-refractivity contribution in [3.8, 4) is 6.07 Å². The summed E-state index contributed by atoms with van der Waals surface area (Å²) in [6, 6.07) is 6.08. The molecule has 1 aromatic rings. The van der Waals surface area contributed by atoms with E-state index >= 15 is 0 Å². The van der Waals surface area contributed by atoms with Crippen molar-refractivity contribution in [3.63, 3.8) is 0 Å². The van der Waals surface area contributed by atoms with Crippen LogP contribution in [0.1, 0.15) is 24.8 Å². The van der Waals surface area contributed by atoms with Gasteiger partial charge in [0.05, 0.1) is 15.7 Å². The molecule has 3 rings (SSSR count). The minimum Gasteiger partial charge on any atom is -0.369 e. The highest BCUT2D eigenvalue weighted by Gasteiger charge is 2.35. The lowest BCUT2D eigenvalue weighted by Gasteiger charge is -2.46. The van der Waals surface area contributed by atoms with Crippen molar-refractivity contribution < 1.29 is 4.39 Å². The van der Waals surface area contributed by atoms with Gasteiger partial charge in [0.25, 0.3) is 0 Å². The van der Waals surface area contributed by atoms with E-state index in [1.54, 1.807) is 12.1 Å². The van der Waals surface area contributed by atoms with Gasteiger partial charge in [-0.05, 0) is 66.8 Å². The number of piperidine rings is 2.